The van der Waals surface area contributed by atoms with E-state index in [1.54, 1.807) is 18.2 Å². The molecule has 1 aromatic rings. The Morgan fingerprint density at radius 1 is 1.12 bits per heavy atom. The van der Waals surface area contributed by atoms with Gasteiger partial charge in [0, 0.05) is 12.8 Å². The van der Waals surface area contributed by atoms with Crippen LogP contribution in [0.1, 0.15) is 12.8 Å². The summed E-state index contributed by atoms with van der Waals surface area (Å²) in [6.07, 6.45) is 0.0362. The van der Waals surface area contributed by atoms with Gasteiger partial charge in [-0.05, 0) is 25.2 Å². The molecule has 5 heteroatoms. The van der Waals surface area contributed by atoms with E-state index in [0.29, 0.717) is 13.1 Å². The molecule has 0 aromatic heterocycles. The molecular formula is C11H14FNO2S. The molecule has 1 N–H and O–H groups in total. The molecule has 0 saturated carbocycles. The third-order valence-corrected chi connectivity index (χ3v) is 5.15. The number of benzene rings is 1. The van der Waals surface area contributed by atoms with Gasteiger partial charge in [-0.2, -0.15) is 0 Å². The van der Waals surface area contributed by atoms with Gasteiger partial charge < -0.3 is 5.32 Å². The van der Waals surface area contributed by atoms with Gasteiger partial charge in [0.1, 0.15) is 0 Å². The highest BCUT2D eigenvalue weighted by molar-refractivity contribution is 7.92. The Labute approximate surface area is 94.6 Å². The molecule has 0 spiro atoms. The van der Waals surface area contributed by atoms with Gasteiger partial charge in [0.15, 0.2) is 0 Å². The van der Waals surface area contributed by atoms with Crippen molar-refractivity contribution in [2.45, 2.75) is 22.7 Å². The Kier molecular flexibility index (Phi) is 2.99. The Balaban J connectivity index is 2.39. The van der Waals surface area contributed by atoms with E-state index in [1.165, 1.54) is 12.1 Å². The van der Waals surface area contributed by atoms with Crippen LogP contribution in [0.4, 0.5) is 4.39 Å². The summed E-state index contributed by atoms with van der Waals surface area (Å²) in [5.74, 6) is 0. The van der Waals surface area contributed by atoms with Crippen molar-refractivity contribution in [3.05, 3.63) is 30.3 Å². The third-order valence-electron chi connectivity index (χ3n) is 2.89. The number of sulfone groups is 1. The summed E-state index contributed by atoms with van der Waals surface area (Å²) >= 11 is 0. The van der Waals surface area contributed by atoms with Crippen molar-refractivity contribution >= 4 is 9.84 Å². The highest BCUT2D eigenvalue weighted by atomic mass is 32.2. The topological polar surface area (TPSA) is 46.2 Å². The minimum absolute atomic E-state index is 0.0181. The fourth-order valence-electron chi connectivity index (χ4n) is 1.88. The highest BCUT2D eigenvalue weighted by Gasteiger charge is 2.45. The number of rotatable bonds is 2. The fraction of sp³-hybridized carbons (Fsp3) is 0.455. The second-order valence-corrected chi connectivity index (χ2v) is 6.16. The maximum atomic E-state index is 14.4. The van der Waals surface area contributed by atoms with Crippen molar-refractivity contribution in [3.8, 4) is 0 Å². The molecule has 1 aliphatic heterocycles. The minimum Gasteiger partial charge on any atom is -0.316 e. The smallest absolute Gasteiger partial charge is 0.217 e. The van der Waals surface area contributed by atoms with E-state index in [0.717, 1.165) is 0 Å². The van der Waals surface area contributed by atoms with Crippen LogP contribution in [0.3, 0.4) is 0 Å². The Bertz CT molecular complexity index is 452. The zero-order valence-electron chi connectivity index (χ0n) is 8.82. The molecule has 0 unspecified atom stereocenters. The molecule has 0 atom stereocenters. The van der Waals surface area contributed by atoms with Crippen LogP contribution in [0, 0.1) is 0 Å². The lowest BCUT2D eigenvalue weighted by atomic mass is 10.1. The molecule has 1 heterocycles. The molecule has 88 valence electrons. The molecule has 0 radical (unpaired) electrons. The summed E-state index contributed by atoms with van der Waals surface area (Å²) in [4.78, 5) is 0.0689. The first-order valence-corrected chi connectivity index (χ1v) is 6.74. The number of nitrogens with one attached hydrogen (secondary N) is 1. The molecule has 0 aliphatic carbocycles. The number of halogens is 1. The van der Waals surface area contributed by atoms with Crippen LogP contribution < -0.4 is 5.32 Å². The molecule has 16 heavy (non-hydrogen) atoms. The Morgan fingerprint density at radius 3 is 2.25 bits per heavy atom. The minimum atomic E-state index is -3.87. The number of alkyl halides is 1. The molecule has 1 aliphatic rings. The lowest BCUT2D eigenvalue weighted by Gasteiger charge is -2.29. The van der Waals surface area contributed by atoms with Crippen molar-refractivity contribution in [1.29, 1.82) is 0 Å². The summed E-state index contributed by atoms with van der Waals surface area (Å²) in [5.41, 5.74) is 0. The summed E-state index contributed by atoms with van der Waals surface area (Å²) in [6, 6.07) is 7.82. The van der Waals surface area contributed by atoms with Crippen molar-refractivity contribution in [3.63, 3.8) is 0 Å². The fourth-order valence-corrected chi connectivity index (χ4v) is 3.56. The van der Waals surface area contributed by atoms with Crippen molar-refractivity contribution in [2.24, 2.45) is 0 Å². The average molecular weight is 243 g/mol. The molecule has 2 rings (SSSR count). The molecule has 1 fully saturated rings. The normalized spacial score (nSPS) is 20.6. The number of hydrogen-bond donors (Lipinski definition) is 1. The van der Waals surface area contributed by atoms with E-state index in [-0.39, 0.29) is 17.7 Å². The Morgan fingerprint density at radius 2 is 1.69 bits per heavy atom. The monoisotopic (exact) mass is 243 g/mol. The van der Waals surface area contributed by atoms with Crippen LogP contribution >= 0.6 is 0 Å². The molecule has 0 amide bonds. The number of hydrogen-bond acceptors (Lipinski definition) is 3. The van der Waals surface area contributed by atoms with Crippen LogP contribution in [0.2, 0.25) is 0 Å². The van der Waals surface area contributed by atoms with Gasteiger partial charge in [-0.1, -0.05) is 18.2 Å². The maximum absolute atomic E-state index is 14.4. The average Bonchev–Trinajstić information content (AvgIpc) is 2.31. The zero-order valence-corrected chi connectivity index (χ0v) is 9.63. The second-order valence-electron chi connectivity index (χ2n) is 3.95. The summed E-state index contributed by atoms with van der Waals surface area (Å²) < 4.78 is 38.6. The standard InChI is InChI=1S/C11H14FNO2S/c12-11(6-8-13-9-7-11)16(14,15)10-4-2-1-3-5-10/h1-5,13H,6-9H2. The first-order chi connectivity index (χ1) is 7.56. The molecule has 0 bridgehead atoms. The predicted molar refractivity (Wildman–Crippen MR) is 59.6 cm³/mol. The van der Waals surface area contributed by atoms with Crippen molar-refractivity contribution in [2.75, 3.05) is 13.1 Å². The maximum Gasteiger partial charge on any atom is 0.217 e. The quantitative estimate of drug-likeness (QED) is 0.856. The molecule has 3 nitrogen and oxygen atoms in total. The van der Waals surface area contributed by atoms with Gasteiger partial charge in [0.25, 0.3) is 0 Å². The van der Waals surface area contributed by atoms with E-state index in [2.05, 4.69) is 5.32 Å². The third kappa shape index (κ3) is 1.85. The van der Waals surface area contributed by atoms with Gasteiger partial charge in [0.05, 0.1) is 4.90 Å². The van der Waals surface area contributed by atoms with Crippen LogP contribution in [0.15, 0.2) is 35.2 Å². The second kappa shape index (κ2) is 4.14. The predicted octanol–water partition coefficient (Wildman–Crippen LogP) is 1.51. The SMILES string of the molecule is O=S(=O)(c1ccccc1)C1(F)CCNCC1. The van der Waals surface area contributed by atoms with Crippen LogP contribution in [0.5, 0.6) is 0 Å². The largest absolute Gasteiger partial charge is 0.316 e. The van der Waals surface area contributed by atoms with Gasteiger partial charge in [-0.15, -0.1) is 0 Å². The van der Waals surface area contributed by atoms with E-state index in [4.69, 9.17) is 0 Å². The summed E-state index contributed by atoms with van der Waals surface area (Å²) in [5, 5.41) is 0.848. The van der Waals surface area contributed by atoms with Crippen LogP contribution in [-0.4, -0.2) is 26.5 Å². The van der Waals surface area contributed by atoms with Crippen LogP contribution in [0.25, 0.3) is 0 Å². The van der Waals surface area contributed by atoms with Crippen molar-refractivity contribution < 1.29 is 12.8 Å². The first-order valence-electron chi connectivity index (χ1n) is 5.26. The summed E-state index contributed by atoms with van der Waals surface area (Å²) in [6.45, 7) is 0.811. The van der Waals surface area contributed by atoms with Gasteiger partial charge in [-0.25, -0.2) is 12.8 Å². The lowest BCUT2D eigenvalue weighted by molar-refractivity contribution is 0.206. The van der Waals surface area contributed by atoms with Gasteiger partial charge >= 0.3 is 0 Å². The summed E-state index contributed by atoms with van der Waals surface area (Å²) in [7, 11) is -3.87. The van der Waals surface area contributed by atoms with Crippen LogP contribution in [-0.2, 0) is 9.84 Å². The zero-order chi connectivity index (χ0) is 11.6. The first kappa shape index (κ1) is 11.5. The highest BCUT2D eigenvalue weighted by Crippen LogP contribution is 2.34. The van der Waals surface area contributed by atoms with E-state index in [9.17, 15) is 12.8 Å². The van der Waals surface area contributed by atoms with Gasteiger partial charge in [-0.3, -0.25) is 0 Å². The molecule has 1 saturated heterocycles. The van der Waals surface area contributed by atoms with E-state index < -0.39 is 14.8 Å². The van der Waals surface area contributed by atoms with Gasteiger partial charge in [0.2, 0.25) is 14.8 Å². The number of piperidine rings is 1. The molecular weight excluding hydrogens is 229 g/mol. The Hall–Kier alpha value is -0.940. The van der Waals surface area contributed by atoms with E-state index in [1.807, 2.05) is 0 Å². The molecule has 1 aromatic carbocycles. The lowest BCUT2D eigenvalue weighted by Crippen LogP contribution is -2.44. The van der Waals surface area contributed by atoms with Crippen molar-refractivity contribution in [1.82, 2.24) is 5.32 Å². The van der Waals surface area contributed by atoms with E-state index >= 15 is 0 Å².